The van der Waals surface area contributed by atoms with E-state index in [-0.39, 0.29) is 11.6 Å². The molecule has 0 atom stereocenters. The van der Waals surface area contributed by atoms with Gasteiger partial charge in [-0.3, -0.25) is 10.2 Å². The molecular formula is C5H8ClNO. The molecule has 0 heterocycles. The summed E-state index contributed by atoms with van der Waals surface area (Å²) >= 11 is 4.96. The van der Waals surface area contributed by atoms with E-state index in [0.717, 1.165) is 0 Å². The molecule has 0 saturated carbocycles. The number of rotatable bonds is 2. The van der Waals surface area contributed by atoms with Crippen LogP contribution in [0.5, 0.6) is 0 Å². The average Bonchev–Trinajstić information content (AvgIpc) is 1.64. The third kappa shape index (κ3) is 2.07. The summed E-state index contributed by atoms with van der Waals surface area (Å²) < 4.78 is 0. The topological polar surface area (TPSA) is 40.9 Å². The van der Waals surface area contributed by atoms with Crippen molar-refractivity contribution in [2.24, 2.45) is 5.92 Å². The molecule has 0 spiro atoms. The highest BCUT2D eigenvalue weighted by molar-refractivity contribution is 6.81. The summed E-state index contributed by atoms with van der Waals surface area (Å²) in [4.78, 5) is 10.1. The van der Waals surface area contributed by atoms with Crippen molar-refractivity contribution in [3.8, 4) is 0 Å². The number of hydrogen-bond donors (Lipinski definition) is 1. The lowest BCUT2D eigenvalue weighted by Gasteiger charge is -1.97. The van der Waals surface area contributed by atoms with Crippen molar-refractivity contribution in [1.29, 1.82) is 5.41 Å². The molecule has 0 aliphatic carbocycles. The number of halogens is 1. The number of hydrogen-bond acceptors (Lipinski definition) is 2. The number of nitrogens with one attached hydrogen (secondary N) is 1. The van der Waals surface area contributed by atoms with Gasteiger partial charge in [0.1, 0.15) is 0 Å². The minimum atomic E-state index is -0.653. The van der Waals surface area contributed by atoms with Crippen LogP contribution in [0.4, 0.5) is 0 Å². The Morgan fingerprint density at radius 3 is 2.00 bits per heavy atom. The van der Waals surface area contributed by atoms with Crippen molar-refractivity contribution in [1.82, 2.24) is 0 Å². The average molecular weight is 134 g/mol. The first-order valence-electron chi connectivity index (χ1n) is 2.34. The van der Waals surface area contributed by atoms with Gasteiger partial charge in [0.15, 0.2) is 0 Å². The number of carbonyl (C=O) groups is 1. The van der Waals surface area contributed by atoms with E-state index >= 15 is 0 Å². The Labute approximate surface area is 53.3 Å². The fourth-order valence-electron chi connectivity index (χ4n) is 0.227. The Kier molecular flexibility index (Phi) is 2.69. The first-order chi connectivity index (χ1) is 3.55. The van der Waals surface area contributed by atoms with Crippen molar-refractivity contribution >= 4 is 22.6 Å². The monoisotopic (exact) mass is 133 g/mol. The van der Waals surface area contributed by atoms with Crippen LogP contribution >= 0.6 is 11.6 Å². The highest BCUT2D eigenvalue weighted by Crippen LogP contribution is 1.97. The van der Waals surface area contributed by atoms with Crippen molar-refractivity contribution in [2.75, 3.05) is 0 Å². The maximum Gasteiger partial charge on any atom is 0.266 e. The smallest absolute Gasteiger partial charge is 0.266 e. The van der Waals surface area contributed by atoms with Crippen LogP contribution in [0.1, 0.15) is 13.8 Å². The van der Waals surface area contributed by atoms with E-state index in [1.54, 1.807) is 13.8 Å². The van der Waals surface area contributed by atoms with Gasteiger partial charge in [-0.1, -0.05) is 13.8 Å². The van der Waals surface area contributed by atoms with Crippen molar-refractivity contribution in [2.45, 2.75) is 13.8 Å². The molecule has 0 unspecified atom stereocenters. The quantitative estimate of drug-likeness (QED) is 0.449. The zero-order valence-corrected chi connectivity index (χ0v) is 5.62. The molecule has 0 fully saturated rings. The van der Waals surface area contributed by atoms with Gasteiger partial charge in [0.2, 0.25) is 0 Å². The molecule has 2 nitrogen and oxygen atoms in total. The fraction of sp³-hybridized carbons (Fsp3) is 0.600. The van der Waals surface area contributed by atoms with Crippen LogP contribution in [0.15, 0.2) is 0 Å². The van der Waals surface area contributed by atoms with Gasteiger partial charge < -0.3 is 0 Å². The highest BCUT2D eigenvalue weighted by atomic mass is 35.5. The summed E-state index contributed by atoms with van der Waals surface area (Å²) in [6.45, 7) is 3.51. The molecule has 46 valence electrons. The Morgan fingerprint density at radius 1 is 1.62 bits per heavy atom. The van der Waals surface area contributed by atoms with Crippen LogP contribution in [0.2, 0.25) is 0 Å². The van der Waals surface area contributed by atoms with Gasteiger partial charge in [-0.15, -0.1) is 0 Å². The second-order valence-corrected chi connectivity index (χ2v) is 2.19. The summed E-state index contributed by atoms with van der Waals surface area (Å²) in [6.07, 6.45) is 0. The zero-order valence-electron chi connectivity index (χ0n) is 4.86. The van der Waals surface area contributed by atoms with E-state index in [9.17, 15) is 4.79 Å². The molecule has 0 aromatic rings. The maximum absolute atomic E-state index is 10.1. The van der Waals surface area contributed by atoms with Gasteiger partial charge in [0.25, 0.3) is 5.24 Å². The van der Waals surface area contributed by atoms with E-state index in [2.05, 4.69) is 0 Å². The van der Waals surface area contributed by atoms with Crippen molar-refractivity contribution in [3.63, 3.8) is 0 Å². The molecular weight excluding hydrogens is 126 g/mol. The first-order valence-corrected chi connectivity index (χ1v) is 2.71. The normalized spacial score (nSPS) is 9.50. The van der Waals surface area contributed by atoms with E-state index in [0.29, 0.717) is 0 Å². The van der Waals surface area contributed by atoms with Gasteiger partial charge >= 0.3 is 0 Å². The third-order valence-electron chi connectivity index (χ3n) is 0.789. The minimum absolute atomic E-state index is 0.0216. The molecule has 0 amide bonds. The Morgan fingerprint density at radius 2 is 2.00 bits per heavy atom. The molecule has 0 aromatic heterocycles. The summed E-state index contributed by atoms with van der Waals surface area (Å²) in [5, 5.41) is 6.26. The zero-order chi connectivity index (χ0) is 6.73. The lowest BCUT2D eigenvalue weighted by Crippen LogP contribution is -2.12. The predicted octanol–water partition coefficient (Wildman–Crippen LogP) is 1.43. The Bertz CT molecular complexity index is 120. The van der Waals surface area contributed by atoms with E-state index < -0.39 is 5.24 Å². The lowest BCUT2D eigenvalue weighted by molar-refractivity contribution is -0.106. The maximum atomic E-state index is 10.1. The van der Waals surface area contributed by atoms with Crippen molar-refractivity contribution < 1.29 is 4.79 Å². The van der Waals surface area contributed by atoms with Crippen LogP contribution in [-0.2, 0) is 4.79 Å². The fourth-order valence-corrected chi connectivity index (χ4v) is 0.445. The molecule has 1 N–H and O–H groups in total. The summed E-state index contributed by atoms with van der Waals surface area (Å²) in [5.74, 6) is -0.0556. The molecule has 0 rings (SSSR count). The van der Waals surface area contributed by atoms with Crippen molar-refractivity contribution in [3.05, 3.63) is 0 Å². The molecule has 3 heteroatoms. The standard InChI is InChI=1S/C5H8ClNO/c1-3(2)4(7)5(6)8/h3,7H,1-2H3. The second kappa shape index (κ2) is 2.82. The lowest BCUT2D eigenvalue weighted by atomic mass is 10.1. The first kappa shape index (κ1) is 7.63. The summed E-state index contributed by atoms with van der Waals surface area (Å²) in [6, 6.07) is 0. The molecule has 8 heavy (non-hydrogen) atoms. The van der Waals surface area contributed by atoms with Crippen LogP contribution in [-0.4, -0.2) is 11.0 Å². The minimum Gasteiger partial charge on any atom is -0.300 e. The predicted molar refractivity (Wildman–Crippen MR) is 33.4 cm³/mol. The van der Waals surface area contributed by atoms with E-state index in [4.69, 9.17) is 17.0 Å². The second-order valence-electron chi connectivity index (χ2n) is 1.84. The van der Waals surface area contributed by atoms with Crippen LogP contribution in [0, 0.1) is 11.3 Å². The molecule has 0 aromatic carbocycles. The van der Waals surface area contributed by atoms with Gasteiger partial charge in [0, 0.05) is 0 Å². The number of carbonyl (C=O) groups excluding carboxylic acids is 1. The van der Waals surface area contributed by atoms with Gasteiger partial charge in [-0.2, -0.15) is 0 Å². The largest absolute Gasteiger partial charge is 0.300 e. The molecule has 0 aliphatic rings. The Hall–Kier alpha value is -0.370. The SMILES string of the molecule is CC(C)C(=N)C(=O)Cl. The van der Waals surface area contributed by atoms with E-state index in [1.165, 1.54) is 0 Å². The van der Waals surface area contributed by atoms with Crippen LogP contribution in [0.3, 0.4) is 0 Å². The molecule has 0 bridgehead atoms. The summed E-state index contributed by atoms with van der Waals surface area (Å²) in [7, 11) is 0. The molecule has 0 aliphatic heterocycles. The highest BCUT2D eigenvalue weighted by Gasteiger charge is 2.08. The van der Waals surface area contributed by atoms with Gasteiger partial charge in [0.05, 0.1) is 5.71 Å². The van der Waals surface area contributed by atoms with Crippen LogP contribution in [0.25, 0.3) is 0 Å². The molecule has 0 radical (unpaired) electrons. The summed E-state index contributed by atoms with van der Waals surface area (Å²) in [5.41, 5.74) is -0.0216. The molecule has 0 saturated heterocycles. The van der Waals surface area contributed by atoms with Gasteiger partial charge in [-0.05, 0) is 17.5 Å². The van der Waals surface area contributed by atoms with E-state index in [1.807, 2.05) is 0 Å². The third-order valence-corrected chi connectivity index (χ3v) is 0.993. The van der Waals surface area contributed by atoms with Crippen LogP contribution < -0.4 is 0 Å². The van der Waals surface area contributed by atoms with Gasteiger partial charge in [-0.25, -0.2) is 0 Å². The Balaban J connectivity index is 3.84.